The number of hydrogen-bond acceptors (Lipinski definition) is 6. The molecule has 0 aromatic heterocycles. The molecule has 0 unspecified atom stereocenters. The molecule has 2 aromatic rings. The molecule has 7 nitrogen and oxygen atoms in total. The second-order valence-electron chi connectivity index (χ2n) is 4.31. The predicted molar refractivity (Wildman–Crippen MR) is 81.2 cm³/mol. The number of ether oxygens (including phenoxy) is 2. The van der Waals surface area contributed by atoms with Crippen LogP contribution in [0.25, 0.3) is 0 Å². The quantitative estimate of drug-likeness (QED) is 0.274. The SMILES string of the molecule is COc1cc(C(=O)Cl)c([N+](=O)[O-])cc1OC(=O)c1ccccc1. The Morgan fingerprint density at radius 2 is 1.78 bits per heavy atom. The van der Waals surface area contributed by atoms with Crippen molar-refractivity contribution >= 4 is 28.5 Å². The number of esters is 1. The van der Waals surface area contributed by atoms with Gasteiger partial charge in [-0.15, -0.1) is 0 Å². The lowest BCUT2D eigenvalue weighted by Crippen LogP contribution is -2.10. The van der Waals surface area contributed by atoms with Gasteiger partial charge in [0.2, 0.25) is 0 Å². The summed E-state index contributed by atoms with van der Waals surface area (Å²) in [4.78, 5) is 33.6. The zero-order valence-electron chi connectivity index (χ0n) is 11.8. The van der Waals surface area contributed by atoms with Gasteiger partial charge in [-0.1, -0.05) is 18.2 Å². The Balaban J connectivity index is 2.45. The minimum Gasteiger partial charge on any atom is -0.493 e. The van der Waals surface area contributed by atoms with Gasteiger partial charge < -0.3 is 9.47 Å². The summed E-state index contributed by atoms with van der Waals surface area (Å²) in [6.07, 6.45) is 0. The summed E-state index contributed by atoms with van der Waals surface area (Å²) >= 11 is 5.33. The van der Waals surface area contributed by atoms with E-state index in [0.29, 0.717) is 0 Å². The lowest BCUT2D eigenvalue weighted by Gasteiger charge is -2.10. The van der Waals surface area contributed by atoms with Crippen molar-refractivity contribution < 1.29 is 24.0 Å². The lowest BCUT2D eigenvalue weighted by molar-refractivity contribution is -0.385. The average Bonchev–Trinajstić information content (AvgIpc) is 2.54. The number of nitro groups is 1. The average molecular weight is 336 g/mol. The second kappa shape index (κ2) is 6.89. The number of methoxy groups -OCH3 is 1. The first kappa shape index (κ1) is 16.4. The summed E-state index contributed by atoms with van der Waals surface area (Å²) in [7, 11) is 1.27. The number of carbonyl (C=O) groups excluding carboxylic acids is 2. The van der Waals surface area contributed by atoms with Crippen LogP contribution in [-0.4, -0.2) is 23.2 Å². The van der Waals surface area contributed by atoms with E-state index in [1.807, 2.05) is 0 Å². The van der Waals surface area contributed by atoms with Gasteiger partial charge in [0.25, 0.3) is 10.9 Å². The Morgan fingerprint density at radius 3 is 2.30 bits per heavy atom. The van der Waals surface area contributed by atoms with Gasteiger partial charge in [-0.2, -0.15) is 0 Å². The normalized spacial score (nSPS) is 10.0. The number of rotatable bonds is 5. The van der Waals surface area contributed by atoms with Crippen LogP contribution in [0.15, 0.2) is 42.5 Å². The maximum absolute atomic E-state index is 12.0. The van der Waals surface area contributed by atoms with Gasteiger partial charge in [0.05, 0.1) is 23.7 Å². The van der Waals surface area contributed by atoms with Crippen molar-refractivity contribution in [3.8, 4) is 11.5 Å². The molecular weight excluding hydrogens is 326 g/mol. The fourth-order valence-electron chi connectivity index (χ4n) is 1.83. The van der Waals surface area contributed by atoms with Gasteiger partial charge in [0.15, 0.2) is 11.5 Å². The smallest absolute Gasteiger partial charge is 0.343 e. The molecule has 2 aromatic carbocycles. The van der Waals surface area contributed by atoms with Gasteiger partial charge in [0, 0.05) is 6.07 Å². The van der Waals surface area contributed by atoms with E-state index < -0.39 is 21.8 Å². The Labute approximate surface area is 135 Å². The largest absolute Gasteiger partial charge is 0.493 e. The first-order chi connectivity index (χ1) is 10.9. The maximum Gasteiger partial charge on any atom is 0.343 e. The van der Waals surface area contributed by atoms with E-state index in [1.54, 1.807) is 18.2 Å². The van der Waals surface area contributed by atoms with Crippen LogP contribution in [0.2, 0.25) is 0 Å². The van der Waals surface area contributed by atoms with E-state index in [0.717, 1.165) is 12.1 Å². The second-order valence-corrected chi connectivity index (χ2v) is 4.65. The van der Waals surface area contributed by atoms with Gasteiger partial charge in [-0.3, -0.25) is 14.9 Å². The first-order valence-electron chi connectivity index (χ1n) is 6.27. The highest BCUT2D eigenvalue weighted by Gasteiger charge is 2.25. The minimum atomic E-state index is -1.02. The van der Waals surface area contributed by atoms with Crippen LogP contribution in [0.5, 0.6) is 11.5 Å². The van der Waals surface area contributed by atoms with Crippen molar-refractivity contribution in [3.05, 3.63) is 63.7 Å². The highest BCUT2D eigenvalue weighted by atomic mass is 35.5. The fourth-order valence-corrected chi connectivity index (χ4v) is 1.98. The molecule has 0 saturated heterocycles. The molecular formula is C15H10ClNO6. The number of hydrogen-bond donors (Lipinski definition) is 0. The molecule has 0 aliphatic rings. The zero-order valence-corrected chi connectivity index (χ0v) is 12.6. The van der Waals surface area contributed by atoms with Crippen LogP contribution in [0.3, 0.4) is 0 Å². The number of nitrogens with zero attached hydrogens (tertiary/aromatic N) is 1. The molecule has 0 aliphatic carbocycles. The van der Waals surface area contributed by atoms with Crippen molar-refractivity contribution in [3.63, 3.8) is 0 Å². The van der Waals surface area contributed by atoms with E-state index >= 15 is 0 Å². The Hall–Kier alpha value is -2.93. The van der Waals surface area contributed by atoms with Crippen LogP contribution in [0, 0.1) is 10.1 Å². The van der Waals surface area contributed by atoms with Gasteiger partial charge in [0.1, 0.15) is 5.56 Å². The monoisotopic (exact) mass is 335 g/mol. The molecule has 0 amide bonds. The standard InChI is InChI=1S/C15H10ClNO6/c1-22-12-7-10(14(16)18)11(17(20)21)8-13(12)23-15(19)9-5-3-2-4-6-9/h2-8H,1H3. The number of carbonyl (C=O) groups is 2. The summed E-state index contributed by atoms with van der Waals surface area (Å²) in [5.74, 6) is -0.929. The third kappa shape index (κ3) is 3.64. The van der Waals surface area contributed by atoms with E-state index in [4.69, 9.17) is 21.1 Å². The summed E-state index contributed by atoms with van der Waals surface area (Å²) in [6, 6.07) is 10.1. The summed E-state index contributed by atoms with van der Waals surface area (Å²) < 4.78 is 10.1. The molecule has 0 radical (unpaired) electrons. The predicted octanol–water partition coefficient (Wildman–Crippen LogP) is 3.20. The lowest BCUT2D eigenvalue weighted by atomic mass is 10.1. The number of benzene rings is 2. The fraction of sp³-hybridized carbons (Fsp3) is 0.0667. The third-order valence-corrected chi connectivity index (χ3v) is 3.11. The molecule has 0 aliphatic heterocycles. The Kier molecular flexibility index (Phi) is 4.92. The molecule has 0 heterocycles. The van der Waals surface area contributed by atoms with Crippen LogP contribution in [-0.2, 0) is 0 Å². The first-order valence-corrected chi connectivity index (χ1v) is 6.65. The van der Waals surface area contributed by atoms with Crippen molar-refractivity contribution in [1.82, 2.24) is 0 Å². The molecule has 0 bridgehead atoms. The molecule has 118 valence electrons. The zero-order chi connectivity index (χ0) is 17.0. The highest BCUT2D eigenvalue weighted by Crippen LogP contribution is 2.35. The van der Waals surface area contributed by atoms with E-state index in [9.17, 15) is 19.7 Å². The van der Waals surface area contributed by atoms with Crippen molar-refractivity contribution in [2.75, 3.05) is 7.11 Å². The van der Waals surface area contributed by atoms with E-state index in [1.165, 1.54) is 19.2 Å². The summed E-state index contributed by atoms with van der Waals surface area (Å²) in [5.41, 5.74) is -0.676. The van der Waals surface area contributed by atoms with E-state index in [2.05, 4.69) is 0 Å². The van der Waals surface area contributed by atoms with Crippen LogP contribution in [0.4, 0.5) is 5.69 Å². The van der Waals surface area contributed by atoms with Crippen LogP contribution in [0.1, 0.15) is 20.7 Å². The van der Waals surface area contributed by atoms with E-state index in [-0.39, 0.29) is 22.6 Å². The summed E-state index contributed by atoms with van der Waals surface area (Å²) in [5, 5.41) is 10.0. The third-order valence-electron chi connectivity index (χ3n) is 2.90. The van der Waals surface area contributed by atoms with Gasteiger partial charge in [-0.05, 0) is 23.7 Å². The van der Waals surface area contributed by atoms with Crippen molar-refractivity contribution in [1.29, 1.82) is 0 Å². The van der Waals surface area contributed by atoms with Crippen LogP contribution >= 0.6 is 11.6 Å². The molecule has 0 N–H and O–H groups in total. The molecule has 2 rings (SSSR count). The summed E-state index contributed by atoms with van der Waals surface area (Å²) in [6.45, 7) is 0. The molecule has 23 heavy (non-hydrogen) atoms. The van der Waals surface area contributed by atoms with Gasteiger partial charge in [-0.25, -0.2) is 4.79 Å². The maximum atomic E-state index is 12.0. The minimum absolute atomic E-state index is 0.0242. The number of nitro benzene ring substituents is 1. The number of halogens is 1. The Morgan fingerprint density at radius 1 is 1.13 bits per heavy atom. The topological polar surface area (TPSA) is 95.7 Å². The van der Waals surface area contributed by atoms with Crippen molar-refractivity contribution in [2.24, 2.45) is 0 Å². The molecule has 8 heteroatoms. The van der Waals surface area contributed by atoms with Crippen LogP contribution < -0.4 is 9.47 Å². The molecule has 0 fully saturated rings. The highest BCUT2D eigenvalue weighted by molar-refractivity contribution is 6.68. The molecule has 0 saturated carbocycles. The van der Waals surface area contributed by atoms with Gasteiger partial charge >= 0.3 is 5.97 Å². The molecule has 0 spiro atoms. The molecule has 0 atom stereocenters. The van der Waals surface area contributed by atoms with Crippen molar-refractivity contribution in [2.45, 2.75) is 0 Å². The Bertz CT molecular complexity index is 775.